The molecule has 88 valence electrons. The molecule has 2 unspecified atom stereocenters. The first-order valence-electron chi connectivity index (χ1n) is 5.42. The van der Waals surface area contributed by atoms with Gasteiger partial charge in [-0.15, -0.1) is 0 Å². The number of methoxy groups -OCH3 is 1. The van der Waals surface area contributed by atoms with Gasteiger partial charge in [-0.1, -0.05) is 6.92 Å². The van der Waals surface area contributed by atoms with E-state index in [1.807, 2.05) is 23.9 Å². The molecule has 1 aliphatic rings. The third-order valence-corrected chi connectivity index (χ3v) is 4.86. The maximum atomic E-state index is 5.28. The molecule has 2 nitrogen and oxygen atoms in total. The molecular weight excluding hydrogens is 286 g/mol. The summed E-state index contributed by atoms with van der Waals surface area (Å²) in [4.78, 5) is 0. The molecule has 1 aliphatic heterocycles. The molecule has 0 amide bonds. The molecule has 2 atom stereocenters. The normalized spacial score (nSPS) is 24.4. The van der Waals surface area contributed by atoms with Crippen LogP contribution in [0.4, 0.5) is 5.69 Å². The fourth-order valence-corrected chi connectivity index (χ4v) is 3.49. The van der Waals surface area contributed by atoms with Crippen LogP contribution in [-0.4, -0.2) is 24.2 Å². The van der Waals surface area contributed by atoms with Crippen LogP contribution in [0.5, 0.6) is 5.75 Å². The van der Waals surface area contributed by atoms with Gasteiger partial charge in [0.05, 0.1) is 11.6 Å². The molecule has 4 heteroatoms. The van der Waals surface area contributed by atoms with Crippen molar-refractivity contribution in [3.05, 3.63) is 22.7 Å². The third kappa shape index (κ3) is 2.66. The Morgan fingerprint density at radius 3 is 2.94 bits per heavy atom. The first-order chi connectivity index (χ1) is 7.70. The lowest BCUT2D eigenvalue weighted by atomic mass is 10.1. The highest BCUT2D eigenvalue weighted by atomic mass is 79.9. The third-order valence-electron chi connectivity index (χ3n) is 2.88. The summed E-state index contributed by atoms with van der Waals surface area (Å²) < 4.78 is 6.28. The predicted molar refractivity (Wildman–Crippen MR) is 74.6 cm³/mol. The molecule has 16 heavy (non-hydrogen) atoms. The first kappa shape index (κ1) is 12.1. The maximum absolute atomic E-state index is 5.28. The van der Waals surface area contributed by atoms with Gasteiger partial charge in [-0.2, -0.15) is 11.8 Å². The Bertz CT molecular complexity index is 372. The predicted octanol–water partition coefficient (Wildman–Crippen LogP) is 3.76. The van der Waals surface area contributed by atoms with Crippen LogP contribution in [0.1, 0.15) is 13.3 Å². The van der Waals surface area contributed by atoms with E-state index in [4.69, 9.17) is 4.74 Å². The first-order valence-corrected chi connectivity index (χ1v) is 7.26. The number of benzene rings is 1. The minimum atomic E-state index is 0.580. The van der Waals surface area contributed by atoms with Crippen molar-refractivity contribution in [2.45, 2.75) is 24.6 Å². The van der Waals surface area contributed by atoms with Crippen molar-refractivity contribution in [1.29, 1.82) is 0 Å². The Labute approximate surface area is 109 Å². The molecule has 0 aliphatic carbocycles. The van der Waals surface area contributed by atoms with Gasteiger partial charge in [-0.05, 0) is 40.2 Å². The van der Waals surface area contributed by atoms with Gasteiger partial charge in [0.1, 0.15) is 5.75 Å². The number of nitrogens with one attached hydrogen (secondary N) is 1. The molecular formula is C12H16BrNOS. The van der Waals surface area contributed by atoms with Crippen LogP contribution in [0.15, 0.2) is 22.7 Å². The summed E-state index contributed by atoms with van der Waals surface area (Å²) in [5.41, 5.74) is 1.14. The van der Waals surface area contributed by atoms with Crippen LogP contribution in [0, 0.1) is 0 Å². The van der Waals surface area contributed by atoms with Crippen molar-refractivity contribution in [2.24, 2.45) is 0 Å². The van der Waals surface area contributed by atoms with Crippen LogP contribution < -0.4 is 10.1 Å². The molecule has 0 saturated carbocycles. The largest absolute Gasteiger partial charge is 0.495 e. The van der Waals surface area contributed by atoms with Crippen molar-refractivity contribution in [3.63, 3.8) is 0 Å². The smallest absolute Gasteiger partial charge is 0.135 e. The summed E-state index contributed by atoms with van der Waals surface area (Å²) in [6, 6.07) is 6.73. The van der Waals surface area contributed by atoms with E-state index in [9.17, 15) is 0 Å². The van der Waals surface area contributed by atoms with E-state index in [0.717, 1.165) is 15.9 Å². The summed E-state index contributed by atoms with van der Waals surface area (Å²) in [6.07, 6.45) is 1.24. The Hall–Kier alpha value is -0.350. The van der Waals surface area contributed by atoms with E-state index >= 15 is 0 Å². The quantitative estimate of drug-likeness (QED) is 0.918. The fourth-order valence-electron chi connectivity index (χ4n) is 1.88. The second-order valence-corrected chi connectivity index (χ2v) is 6.30. The summed E-state index contributed by atoms with van der Waals surface area (Å²) >= 11 is 5.49. The maximum Gasteiger partial charge on any atom is 0.135 e. The second kappa shape index (κ2) is 5.32. The Morgan fingerprint density at radius 1 is 1.50 bits per heavy atom. The van der Waals surface area contributed by atoms with Crippen molar-refractivity contribution >= 4 is 33.4 Å². The molecule has 0 spiro atoms. The van der Waals surface area contributed by atoms with Crippen molar-refractivity contribution in [2.75, 3.05) is 18.2 Å². The van der Waals surface area contributed by atoms with E-state index in [-0.39, 0.29) is 0 Å². The second-order valence-electron chi connectivity index (χ2n) is 3.96. The van der Waals surface area contributed by atoms with Crippen LogP contribution >= 0.6 is 27.7 Å². The van der Waals surface area contributed by atoms with Crippen molar-refractivity contribution in [1.82, 2.24) is 0 Å². The molecule has 0 bridgehead atoms. The standard InChI is InChI=1S/C12H16BrNOS/c1-8-11(5-6-16-8)14-9-3-4-10(13)12(7-9)15-2/h3-4,7-8,11,14H,5-6H2,1-2H3. The monoisotopic (exact) mass is 301 g/mol. The zero-order valence-electron chi connectivity index (χ0n) is 9.50. The van der Waals surface area contributed by atoms with Gasteiger partial charge in [0.2, 0.25) is 0 Å². The molecule has 2 rings (SSSR count). The zero-order valence-corrected chi connectivity index (χ0v) is 11.9. The highest BCUT2D eigenvalue weighted by Gasteiger charge is 2.23. The van der Waals surface area contributed by atoms with Crippen molar-refractivity contribution < 1.29 is 4.74 Å². The molecule has 1 heterocycles. The Kier molecular flexibility index (Phi) is 4.03. The molecule has 1 saturated heterocycles. The number of anilines is 1. The van der Waals surface area contributed by atoms with Crippen LogP contribution in [0.25, 0.3) is 0 Å². The van der Waals surface area contributed by atoms with Gasteiger partial charge < -0.3 is 10.1 Å². The number of halogens is 1. The number of hydrogen-bond donors (Lipinski definition) is 1. The average Bonchev–Trinajstić information content (AvgIpc) is 2.67. The lowest BCUT2D eigenvalue weighted by Crippen LogP contribution is -2.24. The lowest BCUT2D eigenvalue weighted by molar-refractivity contribution is 0.412. The van der Waals surface area contributed by atoms with E-state index in [2.05, 4.69) is 34.2 Å². The van der Waals surface area contributed by atoms with Crippen molar-refractivity contribution in [3.8, 4) is 5.75 Å². The molecule has 0 radical (unpaired) electrons. The van der Waals surface area contributed by atoms with Gasteiger partial charge in [0.25, 0.3) is 0 Å². The fraction of sp³-hybridized carbons (Fsp3) is 0.500. The summed E-state index contributed by atoms with van der Waals surface area (Å²) in [7, 11) is 1.69. The van der Waals surface area contributed by atoms with Crippen LogP contribution in [0.3, 0.4) is 0 Å². The molecule has 1 aromatic carbocycles. The number of hydrogen-bond acceptors (Lipinski definition) is 3. The summed E-state index contributed by atoms with van der Waals surface area (Å²) in [6.45, 7) is 2.28. The topological polar surface area (TPSA) is 21.3 Å². The van der Waals surface area contributed by atoms with Gasteiger partial charge >= 0.3 is 0 Å². The van der Waals surface area contributed by atoms with Gasteiger partial charge in [-0.25, -0.2) is 0 Å². The molecule has 0 aromatic heterocycles. The van der Waals surface area contributed by atoms with Gasteiger partial charge in [0, 0.05) is 23.0 Å². The number of ether oxygens (including phenoxy) is 1. The molecule has 1 aromatic rings. The van der Waals surface area contributed by atoms with E-state index in [0.29, 0.717) is 11.3 Å². The van der Waals surface area contributed by atoms with E-state index in [1.54, 1.807) is 7.11 Å². The zero-order chi connectivity index (χ0) is 11.5. The number of rotatable bonds is 3. The molecule has 1 N–H and O–H groups in total. The van der Waals surface area contributed by atoms with Crippen LogP contribution in [-0.2, 0) is 0 Å². The highest BCUT2D eigenvalue weighted by Crippen LogP contribution is 2.32. The summed E-state index contributed by atoms with van der Waals surface area (Å²) in [5, 5.41) is 4.26. The minimum Gasteiger partial charge on any atom is -0.495 e. The summed E-state index contributed by atoms with van der Waals surface area (Å²) in [5.74, 6) is 2.13. The van der Waals surface area contributed by atoms with E-state index in [1.165, 1.54) is 12.2 Å². The molecule has 1 fully saturated rings. The van der Waals surface area contributed by atoms with Crippen LogP contribution in [0.2, 0.25) is 0 Å². The highest BCUT2D eigenvalue weighted by molar-refractivity contribution is 9.10. The lowest BCUT2D eigenvalue weighted by Gasteiger charge is -2.18. The Balaban J connectivity index is 2.09. The minimum absolute atomic E-state index is 0.580. The average molecular weight is 302 g/mol. The van der Waals surface area contributed by atoms with E-state index < -0.39 is 0 Å². The van der Waals surface area contributed by atoms with Gasteiger partial charge in [0.15, 0.2) is 0 Å². The Morgan fingerprint density at radius 2 is 2.31 bits per heavy atom. The SMILES string of the molecule is COc1cc(NC2CCSC2C)ccc1Br. The van der Waals surface area contributed by atoms with Gasteiger partial charge in [-0.3, -0.25) is 0 Å². The number of thioether (sulfide) groups is 1.